The number of rotatable bonds is 8. The molecule has 0 saturated carbocycles. The van der Waals surface area contributed by atoms with E-state index in [0.717, 1.165) is 43.6 Å². The molecule has 0 saturated heterocycles. The Hall–Kier alpha value is -2.55. The van der Waals surface area contributed by atoms with Crippen LogP contribution < -0.4 is 4.74 Å². The molecule has 1 atom stereocenters. The van der Waals surface area contributed by atoms with E-state index in [9.17, 15) is 4.79 Å². The molecule has 1 aliphatic rings. The molecule has 1 unspecified atom stereocenters. The highest BCUT2D eigenvalue weighted by Gasteiger charge is 2.20. The van der Waals surface area contributed by atoms with Crippen molar-refractivity contribution in [3.05, 3.63) is 65.7 Å². The maximum atomic E-state index is 11.6. The van der Waals surface area contributed by atoms with E-state index in [1.54, 1.807) is 0 Å². The first-order valence-electron chi connectivity index (χ1n) is 10.3. The molecule has 0 spiro atoms. The van der Waals surface area contributed by atoms with Gasteiger partial charge in [0, 0.05) is 5.57 Å². The fraction of sp³-hybridized carbons (Fsp3) is 0.400. The van der Waals surface area contributed by atoms with Gasteiger partial charge in [0.05, 0.1) is 13.7 Å². The lowest BCUT2D eigenvalue weighted by Gasteiger charge is -2.21. The first-order valence-corrected chi connectivity index (χ1v) is 10.3. The molecule has 148 valence electrons. The van der Waals surface area contributed by atoms with Crippen LogP contribution in [0, 0.1) is 0 Å². The molecule has 1 aliphatic carbocycles. The van der Waals surface area contributed by atoms with E-state index in [1.807, 2.05) is 6.08 Å². The summed E-state index contributed by atoms with van der Waals surface area (Å²) in [7, 11) is 1.44. The lowest BCUT2D eigenvalue weighted by molar-refractivity contribution is -0.136. The molecular weight excluding hydrogens is 348 g/mol. The van der Waals surface area contributed by atoms with Crippen molar-refractivity contribution >= 4 is 5.97 Å². The monoisotopic (exact) mass is 378 g/mol. The van der Waals surface area contributed by atoms with Crippen LogP contribution in [0.1, 0.15) is 56.9 Å². The molecule has 2 aromatic rings. The first kappa shape index (κ1) is 20.2. The summed E-state index contributed by atoms with van der Waals surface area (Å²) in [5, 5.41) is 0. The van der Waals surface area contributed by atoms with Gasteiger partial charge in [-0.1, -0.05) is 62.2 Å². The molecule has 28 heavy (non-hydrogen) atoms. The standard InChI is InChI=1S/C25H30O3/c1-3-4-5-18-28-24-16-14-22(15-17-24)20-8-6-19(7-9-20)21-10-12-23(13-11-21)25(26)27-2/h6-9,12,14-17,21H,3-5,10-11,13,18H2,1-2H3. The fourth-order valence-corrected chi connectivity index (χ4v) is 3.69. The normalized spacial score (nSPS) is 16.4. The van der Waals surface area contributed by atoms with Gasteiger partial charge in [0.25, 0.3) is 0 Å². The number of hydrogen-bond acceptors (Lipinski definition) is 3. The second kappa shape index (κ2) is 10.1. The predicted molar refractivity (Wildman–Crippen MR) is 114 cm³/mol. The summed E-state index contributed by atoms with van der Waals surface area (Å²) < 4.78 is 10.6. The number of benzene rings is 2. The highest BCUT2D eigenvalue weighted by atomic mass is 16.5. The minimum Gasteiger partial charge on any atom is -0.494 e. The van der Waals surface area contributed by atoms with Crippen molar-refractivity contribution < 1.29 is 14.3 Å². The quantitative estimate of drug-likeness (QED) is 0.400. The zero-order chi connectivity index (χ0) is 19.8. The van der Waals surface area contributed by atoms with Gasteiger partial charge in [-0.25, -0.2) is 4.79 Å². The molecule has 0 aliphatic heterocycles. The lowest BCUT2D eigenvalue weighted by Crippen LogP contribution is -2.11. The highest BCUT2D eigenvalue weighted by Crippen LogP contribution is 2.33. The van der Waals surface area contributed by atoms with E-state index in [4.69, 9.17) is 9.47 Å². The molecule has 3 nitrogen and oxygen atoms in total. The van der Waals surface area contributed by atoms with E-state index >= 15 is 0 Å². The molecule has 2 aromatic carbocycles. The number of hydrogen-bond donors (Lipinski definition) is 0. The van der Waals surface area contributed by atoms with Crippen LogP contribution >= 0.6 is 0 Å². The van der Waals surface area contributed by atoms with Crippen LogP contribution in [0.15, 0.2) is 60.2 Å². The summed E-state index contributed by atoms with van der Waals surface area (Å²) in [5.74, 6) is 1.22. The van der Waals surface area contributed by atoms with Crippen molar-refractivity contribution in [2.45, 2.75) is 51.4 Å². The molecule has 0 amide bonds. The number of allylic oxidation sites excluding steroid dienone is 1. The van der Waals surface area contributed by atoms with E-state index < -0.39 is 0 Å². The zero-order valence-corrected chi connectivity index (χ0v) is 16.9. The van der Waals surface area contributed by atoms with Crippen LogP contribution in [-0.2, 0) is 9.53 Å². The van der Waals surface area contributed by atoms with Gasteiger partial charge < -0.3 is 9.47 Å². The Kier molecular flexibility index (Phi) is 7.30. The van der Waals surface area contributed by atoms with Gasteiger partial charge in [0.15, 0.2) is 0 Å². The third kappa shape index (κ3) is 5.25. The van der Waals surface area contributed by atoms with Crippen molar-refractivity contribution in [2.24, 2.45) is 0 Å². The summed E-state index contributed by atoms with van der Waals surface area (Å²) in [5.41, 5.74) is 4.55. The largest absolute Gasteiger partial charge is 0.494 e. The second-order valence-corrected chi connectivity index (χ2v) is 7.39. The first-order chi connectivity index (χ1) is 13.7. The Bertz CT molecular complexity index is 788. The molecule has 0 aromatic heterocycles. The average Bonchev–Trinajstić information content (AvgIpc) is 2.77. The van der Waals surface area contributed by atoms with Gasteiger partial charge in [-0.3, -0.25) is 0 Å². The van der Waals surface area contributed by atoms with Crippen LogP contribution in [-0.4, -0.2) is 19.7 Å². The van der Waals surface area contributed by atoms with Crippen molar-refractivity contribution in [1.29, 1.82) is 0 Å². The Balaban J connectivity index is 1.59. The summed E-state index contributed by atoms with van der Waals surface area (Å²) in [6, 6.07) is 17.1. The number of unbranched alkanes of at least 4 members (excludes halogenated alkanes) is 2. The van der Waals surface area contributed by atoms with Crippen molar-refractivity contribution in [2.75, 3.05) is 13.7 Å². The van der Waals surface area contributed by atoms with E-state index in [0.29, 0.717) is 5.92 Å². The Morgan fingerprint density at radius 1 is 1.00 bits per heavy atom. The Labute approximate surface area is 168 Å². The van der Waals surface area contributed by atoms with Gasteiger partial charge in [0.1, 0.15) is 5.75 Å². The number of carbonyl (C=O) groups excluding carboxylic acids is 1. The third-order valence-corrected chi connectivity index (χ3v) is 5.44. The lowest BCUT2D eigenvalue weighted by atomic mass is 9.84. The molecule has 3 rings (SSSR count). The molecular formula is C25H30O3. The SMILES string of the molecule is CCCCCOc1ccc(-c2ccc(C3CC=C(C(=O)OC)CC3)cc2)cc1. The average molecular weight is 379 g/mol. The summed E-state index contributed by atoms with van der Waals surface area (Å²) in [6.07, 6.45) is 8.24. The van der Waals surface area contributed by atoms with Crippen LogP contribution in [0.5, 0.6) is 5.75 Å². The molecule has 0 bridgehead atoms. The van der Waals surface area contributed by atoms with Crippen LogP contribution in [0.2, 0.25) is 0 Å². The summed E-state index contributed by atoms with van der Waals surface area (Å²) in [4.78, 5) is 11.6. The van der Waals surface area contributed by atoms with Gasteiger partial charge in [-0.2, -0.15) is 0 Å². The maximum Gasteiger partial charge on any atom is 0.333 e. The fourth-order valence-electron chi connectivity index (χ4n) is 3.69. The van der Waals surface area contributed by atoms with Crippen LogP contribution in [0.25, 0.3) is 11.1 Å². The van der Waals surface area contributed by atoms with Crippen molar-refractivity contribution in [3.63, 3.8) is 0 Å². The van der Waals surface area contributed by atoms with E-state index in [1.165, 1.54) is 36.6 Å². The zero-order valence-electron chi connectivity index (χ0n) is 16.9. The van der Waals surface area contributed by atoms with Crippen LogP contribution in [0.4, 0.5) is 0 Å². The predicted octanol–water partition coefficient (Wildman–Crippen LogP) is 6.29. The smallest absolute Gasteiger partial charge is 0.333 e. The maximum absolute atomic E-state index is 11.6. The number of ether oxygens (including phenoxy) is 2. The minimum atomic E-state index is -0.188. The molecule has 0 fully saturated rings. The molecule has 0 heterocycles. The molecule has 0 radical (unpaired) electrons. The van der Waals surface area contributed by atoms with Crippen molar-refractivity contribution in [3.8, 4) is 16.9 Å². The number of carbonyl (C=O) groups is 1. The van der Waals surface area contributed by atoms with E-state index in [2.05, 4.69) is 55.5 Å². The van der Waals surface area contributed by atoms with E-state index in [-0.39, 0.29) is 5.97 Å². The number of methoxy groups -OCH3 is 1. The summed E-state index contributed by atoms with van der Waals surface area (Å²) >= 11 is 0. The van der Waals surface area contributed by atoms with Gasteiger partial charge in [-0.15, -0.1) is 0 Å². The molecule has 3 heteroatoms. The summed E-state index contributed by atoms with van der Waals surface area (Å²) in [6.45, 7) is 2.99. The third-order valence-electron chi connectivity index (χ3n) is 5.44. The number of esters is 1. The second-order valence-electron chi connectivity index (χ2n) is 7.39. The molecule has 0 N–H and O–H groups in total. The Morgan fingerprint density at radius 3 is 2.25 bits per heavy atom. The highest BCUT2D eigenvalue weighted by molar-refractivity contribution is 5.88. The topological polar surface area (TPSA) is 35.5 Å². The van der Waals surface area contributed by atoms with Gasteiger partial charge >= 0.3 is 5.97 Å². The van der Waals surface area contributed by atoms with Crippen molar-refractivity contribution in [1.82, 2.24) is 0 Å². The van der Waals surface area contributed by atoms with Crippen LogP contribution in [0.3, 0.4) is 0 Å². The van der Waals surface area contributed by atoms with Gasteiger partial charge in [-0.05, 0) is 60.4 Å². The Morgan fingerprint density at radius 2 is 1.68 bits per heavy atom. The minimum absolute atomic E-state index is 0.188. The van der Waals surface area contributed by atoms with Gasteiger partial charge in [0.2, 0.25) is 0 Å².